The van der Waals surface area contributed by atoms with Gasteiger partial charge < -0.3 is 16.5 Å². The van der Waals surface area contributed by atoms with E-state index < -0.39 is 0 Å². The highest BCUT2D eigenvalue weighted by molar-refractivity contribution is 4.95. The van der Waals surface area contributed by atoms with Gasteiger partial charge in [-0.3, -0.25) is 0 Å². The Labute approximate surface area is 53.3 Å². The third-order valence-corrected chi connectivity index (χ3v) is 1.01. The van der Waals surface area contributed by atoms with Crippen LogP contribution in [0.25, 0.3) is 0 Å². The fraction of sp³-hybridized carbons (Fsp3) is 0.400. The second-order valence-electron chi connectivity index (χ2n) is 1.94. The number of rotatable bonds is 2. The lowest BCUT2D eigenvalue weighted by molar-refractivity contribution is 0.692. The van der Waals surface area contributed by atoms with Crippen LogP contribution < -0.4 is 11.5 Å². The maximum atomic E-state index is 5.31. The van der Waals surface area contributed by atoms with E-state index in [4.69, 9.17) is 11.5 Å². The van der Waals surface area contributed by atoms with Crippen LogP contribution in [0.4, 0.5) is 0 Å². The van der Waals surface area contributed by atoms with Gasteiger partial charge in [0, 0.05) is 18.3 Å². The first-order chi connectivity index (χ1) is 4.29. The summed E-state index contributed by atoms with van der Waals surface area (Å²) < 4.78 is 0. The van der Waals surface area contributed by atoms with Gasteiger partial charge in [0.25, 0.3) is 0 Å². The van der Waals surface area contributed by atoms with E-state index in [1.807, 2.05) is 0 Å². The van der Waals surface area contributed by atoms with Crippen molar-refractivity contribution in [2.75, 3.05) is 0 Å². The highest BCUT2D eigenvalue weighted by Gasteiger charge is 1.96. The molecule has 1 rings (SSSR count). The van der Waals surface area contributed by atoms with E-state index in [-0.39, 0.29) is 6.17 Å². The molecule has 0 aliphatic heterocycles. The lowest BCUT2D eigenvalue weighted by atomic mass is 10.3. The summed E-state index contributed by atoms with van der Waals surface area (Å²) in [6.07, 6.45) is 3.69. The maximum absolute atomic E-state index is 5.31. The molecular weight excluding hydrogens is 116 g/mol. The first-order valence-electron chi connectivity index (χ1n) is 2.77. The molecule has 0 aliphatic carbocycles. The molecule has 0 fully saturated rings. The van der Waals surface area contributed by atoms with Gasteiger partial charge in [0.05, 0.1) is 12.5 Å². The SMILES string of the molecule is NC(N)Cc1cnc[nH]1. The highest BCUT2D eigenvalue weighted by atomic mass is 14.9. The molecule has 9 heavy (non-hydrogen) atoms. The first-order valence-corrected chi connectivity index (χ1v) is 2.77. The van der Waals surface area contributed by atoms with Crippen LogP contribution >= 0.6 is 0 Å². The molecule has 0 unspecified atom stereocenters. The predicted octanol–water partition coefficient (Wildman–Crippen LogP) is -0.804. The van der Waals surface area contributed by atoms with Gasteiger partial charge in [-0.2, -0.15) is 0 Å². The second-order valence-corrected chi connectivity index (χ2v) is 1.94. The lowest BCUT2D eigenvalue weighted by Gasteiger charge is -1.99. The molecule has 1 aromatic rings. The number of hydrogen-bond donors (Lipinski definition) is 3. The molecule has 4 nitrogen and oxygen atoms in total. The standard InChI is InChI=1S/C5H10N4/c6-5(7)1-4-2-8-3-9-4/h2-3,5H,1,6-7H2,(H,8,9). The molecule has 1 aromatic heterocycles. The fourth-order valence-electron chi connectivity index (χ4n) is 0.650. The third-order valence-electron chi connectivity index (χ3n) is 1.01. The van der Waals surface area contributed by atoms with Gasteiger partial charge >= 0.3 is 0 Å². The average Bonchev–Trinajstić information content (AvgIpc) is 2.15. The van der Waals surface area contributed by atoms with Crippen molar-refractivity contribution in [1.29, 1.82) is 0 Å². The van der Waals surface area contributed by atoms with Gasteiger partial charge in [0.15, 0.2) is 0 Å². The number of imidazole rings is 1. The van der Waals surface area contributed by atoms with Crippen LogP contribution in [0, 0.1) is 0 Å². The Morgan fingerprint density at radius 3 is 2.89 bits per heavy atom. The van der Waals surface area contributed by atoms with Crippen molar-refractivity contribution in [2.45, 2.75) is 12.6 Å². The van der Waals surface area contributed by atoms with Crippen LogP contribution in [-0.2, 0) is 6.42 Å². The summed E-state index contributed by atoms with van der Waals surface area (Å²) in [6, 6.07) is 0. The van der Waals surface area contributed by atoms with Crippen LogP contribution in [0.15, 0.2) is 12.5 Å². The zero-order valence-electron chi connectivity index (χ0n) is 5.04. The molecule has 0 spiro atoms. The Bertz CT molecular complexity index is 155. The van der Waals surface area contributed by atoms with Crippen LogP contribution in [0.1, 0.15) is 5.69 Å². The molecule has 4 heteroatoms. The normalized spacial score (nSPS) is 10.6. The van der Waals surface area contributed by atoms with Crippen molar-refractivity contribution in [3.8, 4) is 0 Å². The molecule has 50 valence electrons. The molecule has 5 N–H and O–H groups in total. The molecule has 0 atom stereocenters. The number of nitrogens with one attached hydrogen (secondary N) is 1. The minimum atomic E-state index is -0.287. The zero-order valence-corrected chi connectivity index (χ0v) is 5.04. The molecule has 0 amide bonds. The Hall–Kier alpha value is -0.870. The van der Waals surface area contributed by atoms with Gasteiger partial charge in [-0.25, -0.2) is 4.98 Å². The quantitative estimate of drug-likeness (QED) is 0.453. The fourth-order valence-corrected chi connectivity index (χ4v) is 0.650. The van der Waals surface area contributed by atoms with Gasteiger partial charge in [-0.05, 0) is 0 Å². The van der Waals surface area contributed by atoms with E-state index in [1.54, 1.807) is 12.5 Å². The topological polar surface area (TPSA) is 80.7 Å². The van der Waals surface area contributed by atoms with Gasteiger partial charge in [-0.15, -0.1) is 0 Å². The largest absolute Gasteiger partial charge is 0.348 e. The van der Waals surface area contributed by atoms with Crippen LogP contribution in [0.2, 0.25) is 0 Å². The maximum Gasteiger partial charge on any atom is 0.0921 e. The molecule has 0 saturated carbocycles. The molecule has 0 aromatic carbocycles. The van der Waals surface area contributed by atoms with Crippen molar-refractivity contribution >= 4 is 0 Å². The van der Waals surface area contributed by atoms with Crippen molar-refractivity contribution in [2.24, 2.45) is 11.5 Å². The Morgan fingerprint density at radius 2 is 2.44 bits per heavy atom. The van der Waals surface area contributed by atoms with Crippen LogP contribution in [0.3, 0.4) is 0 Å². The van der Waals surface area contributed by atoms with E-state index in [9.17, 15) is 0 Å². The summed E-state index contributed by atoms with van der Waals surface area (Å²) in [6.45, 7) is 0. The number of aromatic nitrogens is 2. The van der Waals surface area contributed by atoms with Crippen molar-refractivity contribution < 1.29 is 0 Å². The van der Waals surface area contributed by atoms with Gasteiger partial charge in [-0.1, -0.05) is 0 Å². The molecule has 1 heterocycles. The summed E-state index contributed by atoms with van der Waals surface area (Å²) in [5.74, 6) is 0. The summed E-state index contributed by atoms with van der Waals surface area (Å²) in [7, 11) is 0. The Morgan fingerprint density at radius 1 is 1.67 bits per heavy atom. The second kappa shape index (κ2) is 2.61. The van der Waals surface area contributed by atoms with E-state index in [0.717, 1.165) is 5.69 Å². The van der Waals surface area contributed by atoms with E-state index in [2.05, 4.69) is 9.97 Å². The number of nitrogens with two attached hydrogens (primary N) is 2. The summed E-state index contributed by atoms with van der Waals surface area (Å²) >= 11 is 0. The third kappa shape index (κ3) is 1.83. The number of H-pyrrole nitrogens is 1. The summed E-state index contributed by atoms with van der Waals surface area (Å²) in [4.78, 5) is 6.71. The minimum absolute atomic E-state index is 0.287. The van der Waals surface area contributed by atoms with Crippen molar-refractivity contribution in [1.82, 2.24) is 9.97 Å². The number of aromatic amines is 1. The zero-order chi connectivity index (χ0) is 6.69. The summed E-state index contributed by atoms with van der Waals surface area (Å²) in [5, 5.41) is 0. The van der Waals surface area contributed by atoms with Gasteiger partial charge in [0.1, 0.15) is 0 Å². The first kappa shape index (κ1) is 6.25. The molecule has 0 radical (unpaired) electrons. The van der Waals surface area contributed by atoms with E-state index >= 15 is 0 Å². The Balaban J connectivity index is 2.48. The van der Waals surface area contributed by atoms with Gasteiger partial charge in [0.2, 0.25) is 0 Å². The monoisotopic (exact) mass is 126 g/mol. The summed E-state index contributed by atoms with van der Waals surface area (Å²) in [5.41, 5.74) is 11.6. The van der Waals surface area contributed by atoms with Crippen LogP contribution in [0.5, 0.6) is 0 Å². The average molecular weight is 126 g/mol. The molecule has 0 bridgehead atoms. The van der Waals surface area contributed by atoms with E-state index in [0.29, 0.717) is 6.42 Å². The molecular formula is C5H10N4. The molecule has 0 aliphatic rings. The predicted molar refractivity (Wildman–Crippen MR) is 34.5 cm³/mol. The lowest BCUT2D eigenvalue weighted by Crippen LogP contribution is -2.32. The number of hydrogen-bond acceptors (Lipinski definition) is 3. The molecule has 0 saturated heterocycles. The number of nitrogens with zero attached hydrogens (tertiary/aromatic N) is 1. The van der Waals surface area contributed by atoms with E-state index in [1.165, 1.54) is 0 Å². The minimum Gasteiger partial charge on any atom is -0.348 e. The Kier molecular flexibility index (Phi) is 1.81. The van der Waals surface area contributed by atoms with Crippen molar-refractivity contribution in [3.63, 3.8) is 0 Å². The van der Waals surface area contributed by atoms with Crippen LogP contribution in [-0.4, -0.2) is 16.1 Å². The highest BCUT2D eigenvalue weighted by Crippen LogP contribution is 1.91. The smallest absolute Gasteiger partial charge is 0.0921 e. The van der Waals surface area contributed by atoms with Crippen molar-refractivity contribution in [3.05, 3.63) is 18.2 Å².